The van der Waals surface area contributed by atoms with E-state index in [-0.39, 0.29) is 0 Å². The van der Waals surface area contributed by atoms with E-state index >= 15 is 0 Å². The Morgan fingerprint density at radius 2 is 0.370 bits per heavy atom. The van der Waals surface area contributed by atoms with Gasteiger partial charge in [-0.15, -0.1) is 0 Å². The SMILES string of the molecule is CCc1ccc(N(c2ccc(C=Cc3ccc(C=CC=C(c4ccccc4)c4ccccc4)cc3)cc2)c2ccc(C=Cc3ccc(C=Cc4ccc(N(c5ccc(C=Cc6ccc(C=CC=C(c7ccccc7)c7ccccc7)cc6)cc5)c5ccc(CC)cc5)cc4)cc3)cc2)cc1. The molecule has 100 heavy (non-hydrogen) atoms. The second-order valence-corrected chi connectivity index (χ2v) is 24.8. The van der Waals surface area contributed by atoms with Crippen LogP contribution >= 0.6 is 0 Å². The van der Waals surface area contributed by atoms with E-state index in [1.165, 1.54) is 44.5 Å². The lowest BCUT2D eigenvalue weighted by molar-refractivity contribution is 1.14. The van der Waals surface area contributed by atoms with Gasteiger partial charge in [-0.1, -0.05) is 366 Å². The molecule has 0 saturated heterocycles. The van der Waals surface area contributed by atoms with Crippen LogP contribution < -0.4 is 9.80 Å². The summed E-state index contributed by atoms with van der Waals surface area (Å²) in [6.07, 6.45) is 32.5. The van der Waals surface area contributed by atoms with Crippen LogP contribution in [0.1, 0.15) is 103 Å². The minimum absolute atomic E-state index is 0.994. The van der Waals surface area contributed by atoms with Gasteiger partial charge in [0.1, 0.15) is 0 Å². The van der Waals surface area contributed by atoms with Gasteiger partial charge in [0.2, 0.25) is 0 Å². The zero-order valence-corrected chi connectivity index (χ0v) is 56.7. The van der Waals surface area contributed by atoms with Gasteiger partial charge < -0.3 is 9.80 Å². The lowest BCUT2D eigenvalue weighted by Gasteiger charge is -2.26. The third-order valence-electron chi connectivity index (χ3n) is 17.9. The quantitative estimate of drug-likeness (QED) is 0.0439. The van der Waals surface area contributed by atoms with Gasteiger partial charge in [0.15, 0.2) is 0 Å². The Morgan fingerprint density at radius 3 is 0.560 bits per heavy atom. The van der Waals surface area contributed by atoms with E-state index in [0.29, 0.717) is 0 Å². The number of benzene rings is 13. The average molecular weight is 1290 g/mol. The van der Waals surface area contributed by atoms with Crippen LogP contribution in [0.2, 0.25) is 0 Å². The highest BCUT2D eigenvalue weighted by atomic mass is 15.1. The molecule has 0 N–H and O–H groups in total. The van der Waals surface area contributed by atoms with Crippen molar-refractivity contribution in [1.82, 2.24) is 0 Å². The fraction of sp³-hybridized carbons (Fsp3) is 0.0408. The molecule has 0 saturated carbocycles. The highest BCUT2D eigenvalue weighted by Gasteiger charge is 2.15. The first-order chi connectivity index (χ1) is 49.4. The lowest BCUT2D eigenvalue weighted by atomic mass is 9.97. The molecule has 2 nitrogen and oxygen atoms in total. The number of hydrogen-bond acceptors (Lipinski definition) is 2. The molecule has 13 rings (SSSR count). The average Bonchev–Trinajstić information content (AvgIpc) is 0.815. The third kappa shape index (κ3) is 17.7. The van der Waals surface area contributed by atoms with Crippen LogP contribution in [-0.2, 0) is 12.8 Å². The molecule has 0 radical (unpaired) electrons. The molecule has 0 bridgehead atoms. The molecular formula is C98H80N2. The molecule has 0 atom stereocenters. The van der Waals surface area contributed by atoms with Gasteiger partial charge in [-0.05, 0) is 186 Å². The second-order valence-electron chi connectivity index (χ2n) is 24.8. The maximum Gasteiger partial charge on any atom is 0.0462 e. The number of allylic oxidation sites excluding steroid dienone is 4. The number of hydrogen-bond donors (Lipinski definition) is 0. The van der Waals surface area contributed by atoms with Gasteiger partial charge in [0.25, 0.3) is 0 Å². The van der Waals surface area contributed by atoms with Gasteiger partial charge in [-0.3, -0.25) is 0 Å². The van der Waals surface area contributed by atoms with Crippen LogP contribution in [0.25, 0.3) is 71.9 Å². The Bertz CT molecular complexity index is 4580. The van der Waals surface area contributed by atoms with Crippen molar-refractivity contribution < 1.29 is 0 Å². The van der Waals surface area contributed by atoms with E-state index in [4.69, 9.17) is 0 Å². The summed E-state index contributed by atoms with van der Waals surface area (Å²) < 4.78 is 0. The fourth-order valence-electron chi connectivity index (χ4n) is 12.2. The molecule has 13 aromatic rings. The maximum absolute atomic E-state index is 2.33. The fourth-order valence-corrected chi connectivity index (χ4v) is 12.2. The molecule has 0 amide bonds. The van der Waals surface area contributed by atoms with Crippen LogP contribution in [0.15, 0.2) is 364 Å². The number of rotatable bonds is 24. The molecule has 482 valence electrons. The van der Waals surface area contributed by atoms with E-state index < -0.39 is 0 Å². The normalized spacial score (nSPS) is 11.5. The van der Waals surface area contributed by atoms with Crippen molar-refractivity contribution in [3.8, 4) is 0 Å². The zero-order valence-electron chi connectivity index (χ0n) is 56.7. The molecular weight excluding hydrogens is 1210 g/mol. The summed E-state index contributed by atoms with van der Waals surface area (Å²) in [6, 6.07) is 122. The van der Waals surface area contributed by atoms with Gasteiger partial charge in [-0.25, -0.2) is 0 Å². The summed E-state index contributed by atoms with van der Waals surface area (Å²) in [5.41, 5.74) is 27.9. The Hall–Kier alpha value is -12.6. The van der Waals surface area contributed by atoms with Crippen molar-refractivity contribution in [3.05, 3.63) is 453 Å². The minimum Gasteiger partial charge on any atom is -0.311 e. The van der Waals surface area contributed by atoms with Crippen molar-refractivity contribution >= 4 is 106 Å². The Morgan fingerprint density at radius 1 is 0.200 bits per heavy atom. The Balaban J connectivity index is 0.627. The van der Waals surface area contributed by atoms with Crippen molar-refractivity contribution in [2.45, 2.75) is 26.7 Å². The molecule has 0 heterocycles. The third-order valence-corrected chi connectivity index (χ3v) is 17.9. The standard InChI is InChI=1S/C98H80N2/c1-3-75-51-63-91(64-52-75)99(93-67-55-83(56-68-93)47-43-79-35-31-77(32-36-79)19-17-29-97(87-21-9-5-10-22-87)88-23-11-6-12-24-88)95-71-59-85(60-72-95)49-45-81-39-41-82(42-40-81)46-50-86-61-73-96(74-62-86)100(92-65-53-76(4-2)54-66-92)94-69-57-84(58-70-94)48-44-80-37-33-78(34-38-80)20-18-30-98(89-25-13-7-14-26-89)90-27-15-8-16-28-90/h5-74H,3-4H2,1-2H3. The molecule has 0 aliphatic carbocycles. The number of nitrogens with zero attached hydrogens (tertiary/aromatic N) is 2. The van der Waals surface area contributed by atoms with E-state index in [0.717, 1.165) is 103 Å². The monoisotopic (exact) mass is 1280 g/mol. The molecule has 0 aliphatic heterocycles. The summed E-state index contributed by atoms with van der Waals surface area (Å²) in [5.74, 6) is 0. The van der Waals surface area contributed by atoms with Crippen molar-refractivity contribution in [3.63, 3.8) is 0 Å². The summed E-state index contributed by atoms with van der Waals surface area (Å²) in [5, 5.41) is 0. The molecule has 0 aliphatic rings. The van der Waals surface area contributed by atoms with Gasteiger partial charge >= 0.3 is 0 Å². The predicted octanol–water partition coefficient (Wildman–Crippen LogP) is 26.7. The van der Waals surface area contributed by atoms with Crippen LogP contribution in [0.5, 0.6) is 0 Å². The van der Waals surface area contributed by atoms with E-state index in [1.54, 1.807) is 0 Å². The zero-order chi connectivity index (χ0) is 67.9. The summed E-state index contributed by atoms with van der Waals surface area (Å²) >= 11 is 0. The number of anilines is 6. The molecule has 13 aromatic carbocycles. The van der Waals surface area contributed by atoms with E-state index in [1.807, 2.05) is 0 Å². The first kappa shape index (κ1) is 66.0. The molecule has 0 fully saturated rings. The van der Waals surface area contributed by atoms with Crippen molar-refractivity contribution in [2.24, 2.45) is 0 Å². The Labute approximate surface area is 591 Å². The topological polar surface area (TPSA) is 6.48 Å². The van der Waals surface area contributed by atoms with Crippen molar-refractivity contribution in [1.29, 1.82) is 0 Å². The Kier molecular flexibility index (Phi) is 22.0. The van der Waals surface area contributed by atoms with Gasteiger partial charge in [-0.2, -0.15) is 0 Å². The minimum atomic E-state index is 0.994. The highest BCUT2D eigenvalue weighted by molar-refractivity contribution is 5.85. The van der Waals surface area contributed by atoms with E-state index in [9.17, 15) is 0 Å². The maximum atomic E-state index is 2.33. The highest BCUT2D eigenvalue weighted by Crippen LogP contribution is 2.38. The molecule has 0 unspecified atom stereocenters. The van der Waals surface area contributed by atoms with Crippen LogP contribution in [0, 0.1) is 0 Å². The second kappa shape index (κ2) is 33.4. The largest absolute Gasteiger partial charge is 0.311 e. The summed E-state index contributed by atoms with van der Waals surface area (Å²) in [7, 11) is 0. The van der Waals surface area contributed by atoms with Crippen molar-refractivity contribution in [2.75, 3.05) is 9.80 Å². The summed E-state index contributed by atoms with van der Waals surface area (Å²) in [4.78, 5) is 4.67. The predicted molar refractivity (Wildman–Crippen MR) is 434 cm³/mol. The van der Waals surface area contributed by atoms with E-state index in [2.05, 4.69) is 448 Å². The number of aryl methyl sites for hydroxylation is 2. The molecule has 2 heteroatoms. The van der Waals surface area contributed by atoms with Gasteiger partial charge in [0.05, 0.1) is 0 Å². The van der Waals surface area contributed by atoms with Crippen LogP contribution in [0.4, 0.5) is 34.1 Å². The summed E-state index contributed by atoms with van der Waals surface area (Å²) in [6.45, 7) is 4.40. The first-order valence-electron chi connectivity index (χ1n) is 34.6. The van der Waals surface area contributed by atoms with Crippen LogP contribution in [0.3, 0.4) is 0 Å². The smallest absolute Gasteiger partial charge is 0.0462 e. The van der Waals surface area contributed by atoms with Gasteiger partial charge in [0, 0.05) is 34.1 Å². The molecule has 0 spiro atoms. The molecule has 0 aromatic heterocycles. The lowest BCUT2D eigenvalue weighted by Crippen LogP contribution is -2.10. The van der Waals surface area contributed by atoms with Crippen LogP contribution in [-0.4, -0.2) is 0 Å². The first-order valence-corrected chi connectivity index (χ1v) is 34.6.